The van der Waals surface area contributed by atoms with Gasteiger partial charge >= 0.3 is 0 Å². The van der Waals surface area contributed by atoms with Crippen LogP contribution >= 0.6 is 0 Å². The van der Waals surface area contributed by atoms with Crippen molar-refractivity contribution in [3.63, 3.8) is 0 Å². The Bertz CT molecular complexity index is 258. The Morgan fingerprint density at radius 1 is 1.33 bits per heavy atom. The number of amides is 1. The smallest absolute Gasteiger partial charge is 0.221 e. The second kappa shape index (κ2) is 7.10. The number of carbonyl (C=O) groups excluding carboxylic acids is 1. The monoisotopic (exact) mass is 255 g/mol. The molecule has 0 bridgehead atoms. The van der Waals surface area contributed by atoms with E-state index in [1.165, 1.54) is 6.42 Å². The molecule has 4 heteroatoms. The van der Waals surface area contributed by atoms with Gasteiger partial charge in [0.25, 0.3) is 0 Å². The molecule has 4 unspecified atom stereocenters. The molecule has 0 aromatic heterocycles. The number of nitrogens with two attached hydrogens (primary N) is 1. The average molecular weight is 255 g/mol. The molecule has 0 radical (unpaired) electrons. The summed E-state index contributed by atoms with van der Waals surface area (Å²) in [7, 11) is 0. The molecular formula is C14H29N3O. The summed E-state index contributed by atoms with van der Waals surface area (Å²) in [5.41, 5.74) is 5.62. The zero-order valence-electron chi connectivity index (χ0n) is 12.3. The first-order valence-electron chi connectivity index (χ1n) is 7.14. The van der Waals surface area contributed by atoms with E-state index in [0.29, 0.717) is 6.42 Å². The van der Waals surface area contributed by atoms with Gasteiger partial charge in [-0.15, -0.1) is 0 Å². The molecule has 1 fully saturated rings. The summed E-state index contributed by atoms with van der Waals surface area (Å²) in [4.78, 5) is 14.1. The predicted octanol–water partition coefficient (Wildman–Crippen LogP) is 1.21. The van der Waals surface area contributed by atoms with Crippen molar-refractivity contribution in [2.45, 2.75) is 52.6 Å². The largest absolute Gasteiger partial charge is 0.352 e. The number of hydrogen-bond acceptors (Lipinski definition) is 3. The van der Waals surface area contributed by atoms with E-state index in [0.717, 1.165) is 31.5 Å². The van der Waals surface area contributed by atoms with Gasteiger partial charge in [-0.05, 0) is 32.1 Å². The number of hydrogen-bond donors (Lipinski definition) is 2. The van der Waals surface area contributed by atoms with Gasteiger partial charge in [0.1, 0.15) is 0 Å². The van der Waals surface area contributed by atoms with E-state index in [4.69, 9.17) is 5.73 Å². The maximum absolute atomic E-state index is 11.6. The molecule has 3 N–H and O–H groups in total. The van der Waals surface area contributed by atoms with Gasteiger partial charge in [0.2, 0.25) is 5.91 Å². The molecule has 0 spiro atoms. The van der Waals surface area contributed by atoms with Gasteiger partial charge in [0, 0.05) is 38.1 Å². The third-order valence-corrected chi connectivity index (χ3v) is 3.39. The highest BCUT2D eigenvalue weighted by Crippen LogP contribution is 2.20. The van der Waals surface area contributed by atoms with Crippen LogP contribution in [0.1, 0.15) is 40.5 Å². The van der Waals surface area contributed by atoms with Crippen molar-refractivity contribution in [1.82, 2.24) is 10.2 Å². The second-order valence-corrected chi connectivity index (χ2v) is 6.31. The zero-order chi connectivity index (χ0) is 13.7. The van der Waals surface area contributed by atoms with Crippen molar-refractivity contribution in [3.05, 3.63) is 0 Å². The Hall–Kier alpha value is -0.610. The van der Waals surface area contributed by atoms with Gasteiger partial charge in [-0.25, -0.2) is 0 Å². The lowest BCUT2D eigenvalue weighted by Crippen LogP contribution is -2.47. The second-order valence-electron chi connectivity index (χ2n) is 6.31. The predicted molar refractivity (Wildman–Crippen MR) is 75.3 cm³/mol. The van der Waals surface area contributed by atoms with Crippen molar-refractivity contribution in [1.29, 1.82) is 0 Å². The minimum atomic E-state index is -0.0627. The molecule has 0 aromatic rings. The van der Waals surface area contributed by atoms with Gasteiger partial charge in [0.05, 0.1) is 0 Å². The van der Waals surface area contributed by atoms with Crippen molar-refractivity contribution in [3.8, 4) is 0 Å². The van der Waals surface area contributed by atoms with E-state index >= 15 is 0 Å². The fourth-order valence-electron chi connectivity index (χ4n) is 3.00. The van der Waals surface area contributed by atoms with Gasteiger partial charge in [-0.2, -0.15) is 0 Å². The summed E-state index contributed by atoms with van der Waals surface area (Å²) in [5, 5.41) is 3.03. The lowest BCUT2D eigenvalue weighted by atomic mass is 9.92. The van der Waals surface area contributed by atoms with Crippen molar-refractivity contribution < 1.29 is 4.79 Å². The highest BCUT2D eigenvalue weighted by molar-refractivity contribution is 5.76. The minimum Gasteiger partial charge on any atom is -0.352 e. The van der Waals surface area contributed by atoms with E-state index in [2.05, 4.69) is 31.0 Å². The number of carbonyl (C=O) groups is 1. The van der Waals surface area contributed by atoms with Gasteiger partial charge in [-0.1, -0.05) is 13.8 Å². The number of rotatable bonds is 5. The Morgan fingerprint density at radius 2 is 1.89 bits per heavy atom. The van der Waals surface area contributed by atoms with Gasteiger partial charge in [0.15, 0.2) is 0 Å². The van der Waals surface area contributed by atoms with Crippen LogP contribution in [0.3, 0.4) is 0 Å². The van der Waals surface area contributed by atoms with Crippen LogP contribution in [0.15, 0.2) is 0 Å². The molecule has 106 valence electrons. The van der Waals surface area contributed by atoms with Crippen LogP contribution in [0, 0.1) is 11.8 Å². The fourth-order valence-corrected chi connectivity index (χ4v) is 3.00. The molecule has 1 saturated heterocycles. The van der Waals surface area contributed by atoms with E-state index in [-0.39, 0.29) is 18.0 Å². The van der Waals surface area contributed by atoms with Crippen LogP contribution in [0.4, 0.5) is 0 Å². The average Bonchev–Trinajstić information content (AvgIpc) is 2.12. The molecule has 0 aromatic carbocycles. The summed E-state index contributed by atoms with van der Waals surface area (Å²) in [6.45, 7) is 11.8. The van der Waals surface area contributed by atoms with E-state index in [1.54, 1.807) is 0 Å². The normalized spacial score (nSPS) is 28.7. The van der Waals surface area contributed by atoms with Gasteiger partial charge in [-0.3, -0.25) is 4.79 Å². The molecule has 4 atom stereocenters. The number of likely N-dealkylation sites (tertiary alicyclic amines) is 1. The maximum Gasteiger partial charge on any atom is 0.221 e. The molecule has 18 heavy (non-hydrogen) atoms. The Labute approximate surface area is 111 Å². The third-order valence-electron chi connectivity index (χ3n) is 3.39. The highest BCUT2D eigenvalue weighted by Gasteiger charge is 2.23. The molecule has 1 heterocycles. The summed E-state index contributed by atoms with van der Waals surface area (Å²) in [5.74, 6) is 1.59. The first-order chi connectivity index (χ1) is 8.36. The van der Waals surface area contributed by atoms with Crippen molar-refractivity contribution in [2.75, 3.05) is 19.6 Å². The van der Waals surface area contributed by atoms with E-state index < -0.39 is 0 Å². The number of piperidine rings is 1. The SMILES string of the molecule is CC(N)CC(=O)NC(C)CN1CC(C)CC(C)C1. The maximum atomic E-state index is 11.6. The topological polar surface area (TPSA) is 58.4 Å². The van der Waals surface area contributed by atoms with Crippen molar-refractivity contribution >= 4 is 5.91 Å². The van der Waals surface area contributed by atoms with E-state index in [9.17, 15) is 4.79 Å². The van der Waals surface area contributed by atoms with E-state index in [1.807, 2.05) is 6.92 Å². The molecular weight excluding hydrogens is 226 g/mol. The summed E-state index contributed by atoms with van der Waals surface area (Å²) >= 11 is 0. The lowest BCUT2D eigenvalue weighted by Gasteiger charge is -2.36. The Balaban J connectivity index is 2.30. The summed E-state index contributed by atoms with van der Waals surface area (Å²) in [6, 6.07) is 0.140. The van der Waals surface area contributed by atoms with Crippen LogP contribution < -0.4 is 11.1 Å². The lowest BCUT2D eigenvalue weighted by molar-refractivity contribution is -0.122. The van der Waals surface area contributed by atoms with Gasteiger partial charge < -0.3 is 16.0 Å². The Kier molecular flexibility index (Phi) is 6.09. The molecule has 0 aliphatic carbocycles. The van der Waals surface area contributed by atoms with Crippen LogP contribution in [0.2, 0.25) is 0 Å². The highest BCUT2D eigenvalue weighted by atomic mass is 16.1. The standard InChI is InChI=1S/C14H29N3O/c1-10-5-11(2)8-17(7-10)9-13(4)16-14(18)6-12(3)15/h10-13H,5-9,15H2,1-4H3,(H,16,18). The molecule has 4 nitrogen and oxygen atoms in total. The third kappa shape index (κ3) is 5.83. The fraction of sp³-hybridized carbons (Fsp3) is 0.929. The number of nitrogens with zero attached hydrogens (tertiary/aromatic N) is 1. The first-order valence-corrected chi connectivity index (χ1v) is 7.14. The van der Waals surface area contributed by atoms with Crippen molar-refractivity contribution in [2.24, 2.45) is 17.6 Å². The Morgan fingerprint density at radius 3 is 2.39 bits per heavy atom. The molecule has 1 aliphatic rings. The summed E-state index contributed by atoms with van der Waals surface area (Å²) < 4.78 is 0. The quantitative estimate of drug-likeness (QED) is 0.776. The molecule has 1 aliphatic heterocycles. The zero-order valence-corrected chi connectivity index (χ0v) is 12.3. The van der Waals surface area contributed by atoms with Crippen LogP contribution in [0.5, 0.6) is 0 Å². The molecule has 1 rings (SSSR count). The first kappa shape index (κ1) is 15.4. The molecule has 1 amide bonds. The van der Waals surface area contributed by atoms with Crippen LogP contribution in [-0.4, -0.2) is 42.5 Å². The van der Waals surface area contributed by atoms with Crippen LogP contribution in [0.25, 0.3) is 0 Å². The summed E-state index contributed by atoms with van der Waals surface area (Å²) in [6.07, 6.45) is 1.74. The van der Waals surface area contributed by atoms with Crippen LogP contribution in [-0.2, 0) is 4.79 Å². The number of nitrogens with one attached hydrogen (secondary N) is 1. The molecule has 0 saturated carbocycles. The minimum absolute atomic E-state index is 0.0627.